The van der Waals surface area contributed by atoms with Crippen molar-refractivity contribution in [1.29, 1.82) is 0 Å². The average molecular weight is 223 g/mol. The van der Waals surface area contributed by atoms with Gasteiger partial charge in [-0.1, -0.05) is 26.8 Å². The zero-order chi connectivity index (χ0) is 12.6. The molecule has 0 aromatic carbocycles. The van der Waals surface area contributed by atoms with E-state index in [0.717, 1.165) is 13.0 Å². The van der Waals surface area contributed by atoms with Crippen molar-refractivity contribution in [3.63, 3.8) is 0 Å². The maximum Gasteiger partial charge on any atom is 0.0680 e. The van der Waals surface area contributed by atoms with Crippen LogP contribution in [0.5, 0.6) is 0 Å². The lowest BCUT2D eigenvalue weighted by molar-refractivity contribution is 0.160. The first-order valence-electron chi connectivity index (χ1n) is 5.74. The van der Waals surface area contributed by atoms with Gasteiger partial charge >= 0.3 is 0 Å². The molecular formula is C14H25NO. The van der Waals surface area contributed by atoms with Crippen LogP contribution in [0.2, 0.25) is 0 Å². The lowest BCUT2D eigenvalue weighted by Gasteiger charge is -2.22. The molecule has 0 spiro atoms. The summed E-state index contributed by atoms with van der Waals surface area (Å²) in [4.78, 5) is 4.11. The molecule has 0 fully saturated rings. The summed E-state index contributed by atoms with van der Waals surface area (Å²) in [5.74, 6) is 0. The van der Waals surface area contributed by atoms with Gasteiger partial charge in [-0.25, -0.2) is 0 Å². The molecule has 0 unspecified atom stereocenters. The second-order valence-electron chi connectivity index (χ2n) is 4.96. The summed E-state index contributed by atoms with van der Waals surface area (Å²) in [6.45, 7) is 13.8. The van der Waals surface area contributed by atoms with Crippen molar-refractivity contribution in [2.45, 2.75) is 34.1 Å². The lowest BCUT2D eigenvalue weighted by Crippen LogP contribution is -2.15. The van der Waals surface area contributed by atoms with E-state index in [1.54, 1.807) is 7.05 Å². The molecular weight excluding hydrogens is 198 g/mol. The molecule has 92 valence electrons. The Morgan fingerprint density at radius 2 is 2.00 bits per heavy atom. The quantitative estimate of drug-likeness (QED) is 0.383. The van der Waals surface area contributed by atoms with Crippen molar-refractivity contribution < 1.29 is 4.74 Å². The fourth-order valence-electron chi connectivity index (χ4n) is 1.54. The Balaban J connectivity index is 4.53. The fourth-order valence-corrected chi connectivity index (χ4v) is 1.54. The number of aliphatic imine (C=N–C) groups is 1. The number of allylic oxidation sites excluding steroid dienone is 1. The molecule has 0 amide bonds. The SMILES string of the molecule is C=CCCOC/C(C)=C(/C=NC)C(C)(C)C. The zero-order valence-corrected chi connectivity index (χ0v) is 11.3. The Hall–Kier alpha value is -0.890. The Bertz CT molecular complexity index is 269. The molecule has 2 nitrogen and oxygen atoms in total. The monoisotopic (exact) mass is 223 g/mol. The standard InChI is InChI=1S/C14H25NO/c1-7-8-9-16-11-12(2)13(10-15-6)14(3,4)5/h7,10H,1,8-9,11H2,2-6H3/b13-12-,15-10?. The third-order valence-corrected chi connectivity index (χ3v) is 2.31. The van der Waals surface area contributed by atoms with E-state index in [1.165, 1.54) is 11.1 Å². The van der Waals surface area contributed by atoms with Gasteiger partial charge in [0.25, 0.3) is 0 Å². The van der Waals surface area contributed by atoms with Crippen LogP contribution in [-0.4, -0.2) is 26.5 Å². The van der Waals surface area contributed by atoms with E-state index >= 15 is 0 Å². The molecule has 0 saturated carbocycles. The van der Waals surface area contributed by atoms with Gasteiger partial charge in [0.15, 0.2) is 0 Å². The summed E-state index contributed by atoms with van der Waals surface area (Å²) >= 11 is 0. The van der Waals surface area contributed by atoms with Gasteiger partial charge in [-0.05, 0) is 29.9 Å². The predicted molar refractivity (Wildman–Crippen MR) is 72.2 cm³/mol. The van der Waals surface area contributed by atoms with Crippen LogP contribution in [0.4, 0.5) is 0 Å². The van der Waals surface area contributed by atoms with Crippen LogP contribution >= 0.6 is 0 Å². The number of nitrogens with zero attached hydrogens (tertiary/aromatic N) is 1. The maximum absolute atomic E-state index is 5.57. The van der Waals surface area contributed by atoms with Gasteiger partial charge in [-0.2, -0.15) is 0 Å². The molecule has 0 aliphatic carbocycles. The molecule has 0 saturated heterocycles. The van der Waals surface area contributed by atoms with Gasteiger partial charge in [0, 0.05) is 13.3 Å². The predicted octanol–water partition coefficient (Wildman–Crippen LogP) is 3.64. The van der Waals surface area contributed by atoms with Crippen molar-refractivity contribution in [3.8, 4) is 0 Å². The minimum atomic E-state index is 0.116. The molecule has 0 radical (unpaired) electrons. The van der Waals surface area contributed by atoms with E-state index in [0.29, 0.717) is 6.61 Å². The highest BCUT2D eigenvalue weighted by molar-refractivity contribution is 5.81. The van der Waals surface area contributed by atoms with Gasteiger partial charge in [0.1, 0.15) is 0 Å². The lowest BCUT2D eigenvalue weighted by atomic mass is 9.84. The van der Waals surface area contributed by atoms with Crippen molar-refractivity contribution in [1.82, 2.24) is 0 Å². The van der Waals surface area contributed by atoms with Gasteiger partial charge < -0.3 is 4.74 Å². The van der Waals surface area contributed by atoms with E-state index in [-0.39, 0.29) is 5.41 Å². The van der Waals surface area contributed by atoms with Crippen molar-refractivity contribution >= 4 is 6.21 Å². The van der Waals surface area contributed by atoms with Gasteiger partial charge in [-0.3, -0.25) is 4.99 Å². The van der Waals surface area contributed by atoms with Crippen LogP contribution in [0, 0.1) is 5.41 Å². The molecule has 0 heterocycles. The first-order chi connectivity index (χ1) is 7.43. The summed E-state index contributed by atoms with van der Waals surface area (Å²) < 4.78 is 5.57. The number of hydrogen-bond donors (Lipinski definition) is 0. The van der Waals surface area contributed by atoms with Crippen molar-refractivity contribution in [2.24, 2.45) is 10.4 Å². The third kappa shape index (κ3) is 5.86. The summed E-state index contributed by atoms with van der Waals surface area (Å²) in [6, 6.07) is 0. The van der Waals surface area contributed by atoms with Gasteiger partial charge in [-0.15, -0.1) is 6.58 Å². The second kappa shape index (κ2) is 7.39. The molecule has 0 aromatic rings. The smallest absolute Gasteiger partial charge is 0.0680 e. The largest absolute Gasteiger partial charge is 0.377 e. The topological polar surface area (TPSA) is 21.6 Å². The molecule has 16 heavy (non-hydrogen) atoms. The van der Waals surface area contributed by atoms with Crippen molar-refractivity contribution in [3.05, 3.63) is 23.8 Å². The second-order valence-corrected chi connectivity index (χ2v) is 4.96. The zero-order valence-electron chi connectivity index (χ0n) is 11.3. The fraction of sp³-hybridized carbons (Fsp3) is 0.643. The molecule has 0 aliphatic rings. The van der Waals surface area contributed by atoms with E-state index < -0.39 is 0 Å². The maximum atomic E-state index is 5.57. The summed E-state index contributed by atoms with van der Waals surface area (Å²) in [5.41, 5.74) is 2.63. The van der Waals surface area contributed by atoms with E-state index in [4.69, 9.17) is 4.74 Å². The molecule has 0 aromatic heterocycles. The van der Waals surface area contributed by atoms with Crippen LogP contribution in [0.15, 0.2) is 28.8 Å². The minimum absolute atomic E-state index is 0.116. The average Bonchev–Trinajstić information content (AvgIpc) is 2.19. The van der Waals surface area contributed by atoms with Crippen LogP contribution in [0.1, 0.15) is 34.1 Å². The van der Waals surface area contributed by atoms with Gasteiger partial charge in [0.05, 0.1) is 13.2 Å². The Labute approximate surface area is 100 Å². The van der Waals surface area contributed by atoms with Crippen molar-refractivity contribution in [2.75, 3.05) is 20.3 Å². The van der Waals surface area contributed by atoms with Crippen LogP contribution < -0.4 is 0 Å². The van der Waals surface area contributed by atoms with E-state index in [1.807, 2.05) is 12.3 Å². The molecule has 0 bridgehead atoms. The Morgan fingerprint density at radius 1 is 1.38 bits per heavy atom. The molecule has 0 aliphatic heterocycles. The first kappa shape index (κ1) is 15.1. The van der Waals surface area contributed by atoms with E-state index in [9.17, 15) is 0 Å². The molecule has 2 heteroatoms. The normalized spacial score (nSPS) is 14.1. The Morgan fingerprint density at radius 3 is 2.44 bits per heavy atom. The Kier molecular flexibility index (Phi) is 6.98. The number of rotatable bonds is 6. The highest BCUT2D eigenvalue weighted by atomic mass is 16.5. The summed E-state index contributed by atoms with van der Waals surface area (Å²) in [7, 11) is 1.80. The molecule has 0 atom stereocenters. The summed E-state index contributed by atoms with van der Waals surface area (Å²) in [6.07, 6.45) is 4.71. The summed E-state index contributed by atoms with van der Waals surface area (Å²) in [5, 5.41) is 0. The number of hydrogen-bond acceptors (Lipinski definition) is 2. The highest BCUT2D eigenvalue weighted by Gasteiger charge is 2.17. The van der Waals surface area contributed by atoms with Crippen LogP contribution in [0.25, 0.3) is 0 Å². The van der Waals surface area contributed by atoms with Crippen LogP contribution in [-0.2, 0) is 4.74 Å². The molecule has 0 rings (SSSR count). The highest BCUT2D eigenvalue weighted by Crippen LogP contribution is 2.26. The first-order valence-corrected chi connectivity index (χ1v) is 5.74. The number of ether oxygens (including phenoxy) is 1. The van der Waals surface area contributed by atoms with E-state index in [2.05, 4.69) is 39.3 Å². The van der Waals surface area contributed by atoms with Crippen LogP contribution in [0.3, 0.4) is 0 Å². The van der Waals surface area contributed by atoms with Gasteiger partial charge in [0.2, 0.25) is 0 Å². The molecule has 0 N–H and O–H groups in total. The third-order valence-electron chi connectivity index (χ3n) is 2.31. The minimum Gasteiger partial charge on any atom is -0.377 e.